The van der Waals surface area contributed by atoms with Gasteiger partial charge in [-0.15, -0.1) is 0 Å². The lowest BCUT2D eigenvalue weighted by Crippen LogP contribution is -2.16. The van der Waals surface area contributed by atoms with E-state index in [1.807, 2.05) is 0 Å². The van der Waals surface area contributed by atoms with Gasteiger partial charge in [0.15, 0.2) is 0 Å². The van der Waals surface area contributed by atoms with Crippen LogP contribution in [0.5, 0.6) is 0 Å². The SMILES string of the molecule is CCOC(=O)c1ccc(S(=O)(=O)Nc2cccc(CS(N)(=O)=O)c2)cc1. The van der Waals surface area contributed by atoms with Gasteiger partial charge >= 0.3 is 5.97 Å². The Hall–Kier alpha value is -2.43. The number of hydrogen-bond acceptors (Lipinski definition) is 6. The molecule has 2 rings (SSSR count). The summed E-state index contributed by atoms with van der Waals surface area (Å²) in [6.07, 6.45) is 0. The number of ether oxygens (including phenoxy) is 1. The highest BCUT2D eigenvalue weighted by molar-refractivity contribution is 7.92. The molecule has 0 saturated carbocycles. The van der Waals surface area contributed by atoms with Crippen LogP contribution in [-0.4, -0.2) is 29.4 Å². The quantitative estimate of drug-likeness (QED) is 0.678. The smallest absolute Gasteiger partial charge is 0.338 e. The van der Waals surface area contributed by atoms with Crippen molar-refractivity contribution in [3.05, 3.63) is 59.7 Å². The van der Waals surface area contributed by atoms with Gasteiger partial charge in [0.2, 0.25) is 10.0 Å². The summed E-state index contributed by atoms with van der Waals surface area (Å²) in [4.78, 5) is 11.5. The van der Waals surface area contributed by atoms with Crippen molar-refractivity contribution >= 4 is 31.7 Å². The normalized spacial score (nSPS) is 11.8. The minimum atomic E-state index is -3.91. The summed E-state index contributed by atoms with van der Waals surface area (Å²) in [6, 6.07) is 11.2. The van der Waals surface area contributed by atoms with Gasteiger partial charge < -0.3 is 4.74 Å². The molecule has 10 heteroatoms. The predicted molar refractivity (Wildman–Crippen MR) is 96.5 cm³/mol. The second kappa shape index (κ2) is 7.85. The number of anilines is 1. The van der Waals surface area contributed by atoms with Gasteiger partial charge in [0.05, 0.1) is 22.8 Å². The number of sulfonamides is 2. The van der Waals surface area contributed by atoms with Gasteiger partial charge in [0.25, 0.3) is 10.0 Å². The van der Waals surface area contributed by atoms with Crippen LogP contribution in [0.15, 0.2) is 53.4 Å². The summed E-state index contributed by atoms with van der Waals surface area (Å²) >= 11 is 0. The molecule has 0 aliphatic heterocycles. The van der Waals surface area contributed by atoms with Crippen molar-refractivity contribution in [1.29, 1.82) is 0 Å². The van der Waals surface area contributed by atoms with Crippen molar-refractivity contribution < 1.29 is 26.4 Å². The van der Waals surface area contributed by atoms with Gasteiger partial charge in [0.1, 0.15) is 0 Å². The number of carbonyl (C=O) groups excluding carboxylic acids is 1. The van der Waals surface area contributed by atoms with Crippen LogP contribution in [0.4, 0.5) is 5.69 Å². The Labute approximate surface area is 152 Å². The first-order valence-electron chi connectivity index (χ1n) is 7.50. The summed E-state index contributed by atoms with van der Waals surface area (Å²) in [7, 11) is -7.64. The highest BCUT2D eigenvalue weighted by Gasteiger charge is 2.16. The average molecular weight is 398 g/mol. The van der Waals surface area contributed by atoms with Crippen molar-refractivity contribution in [3.8, 4) is 0 Å². The zero-order valence-electron chi connectivity index (χ0n) is 13.9. The van der Waals surface area contributed by atoms with Gasteiger partial charge in [-0.25, -0.2) is 26.8 Å². The zero-order chi connectivity index (χ0) is 19.4. The first kappa shape index (κ1) is 19.9. The van der Waals surface area contributed by atoms with E-state index in [4.69, 9.17) is 9.88 Å². The summed E-state index contributed by atoms with van der Waals surface area (Å²) in [5.41, 5.74) is 0.784. The number of benzene rings is 2. The highest BCUT2D eigenvalue weighted by atomic mass is 32.2. The molecule has 0 bridgehead atoms. The lowest BCUT2D eigenvalue weighted by molar-refractivity contribution is 0.0526. The van der Waals surface area contributed by atoms with Crippen molar-refractivity contribution in [2.75, 3.05) is 11.3 Å². The fraction of sp³-hybridized carbons (Fsp3) is 0.188. The third kappa shape index (κ3) is 5.55. The van der Waals surface area contributed by atoms with Gasteiger partial charge in [-0.1, -0.05) is 12.1 Å². The summed E-state index contributed by atoms with van der Waals surface area (Å²) < 4.78 is 54.4. The van der Waals surface area contributed by atoms with E-state index in [1.54, 1.807) is 6.92 Å². The van der Waals surface area contributed by atoms with E-state index < -0.39 is 31.8 Å². The topological polar surface area (TPSA) is 133 Å². The Morgan fingerprint density at radius 3 is 2.31 bits per heavy atom. The van der Waals surface area contributed by atoms with Crippen LogP contribution in [0, 0.1) is 0 Å². The molecule has 0 aromatic heterocycles. The Bertz CT molecular complexity index is 999. The molecule has 0 radical (unpaired) electrons. The lowest BCUT2D eigenvalue weighted by atomic mass is 10.2. The van der Waals surface area contributed by atoms with Crippen LogP contribution in [-0.2, 0) is 30.5 Å². The highest BCUT2D eigenvalue weighted by Crippen LogP contribution is 2.19. The van der Waals surface area contributed by atoms with E-state index in [2.05, 4.69) is 4.72 Å². The molecule has 0 aliphatic rings. The molecule has 0 atom stereocenters. The molecule has 140 valence electrons. The van der Waals surface area contributed by atoms with Crippen molar-refractivity contribution in [2.45, 2.75) is 17.6 Å². The minimum absolute atomic E-state index is 0.0533. The fourth-order valence-electron chi connectivity index (χ4n) is 2.16. The van der Waals surface area contributed by atoms with E-state index in [0.717, 1.165) is 0 Å². The largest absolute Gasteiger partial charge is 0.462 e. The third-order valence-electron chi connectivity index (χ3n) is 3.22. The van der Waals surface area contributed by atoms with Crippen LogP contribution in [0.2, 0.25) is 0 Å². The van der Waals surface area contributed by atoms with Crippen LogP contribution < -0.4 is 9.86 Å². The molecule has 3 N–H and O–H groups in total. The monoisotopic (exact) mass is 398 g/mol. The van der Waals surface area contributed by atoms with E-state index in [9.17, 15) is 21.6 Å². The Morgan fingerprint density at radius 1 is 1.08 bits per heavy atom. The van der Waals surface area contributed by atoms with Crippen LogP contribution in [0.3, 0.4) is 0 Å². The molecule has 2 aromatic carbocycles. The van der Waals surface area contributed by atoms with Crippen molar-refractivity contribution in [2.24, 2.45) is 5.14 Å². The molecule has 0 amide bonds. The molecule has 8 nitrogen and oxygen atoms in total. The number of nitrogens with one attached hydrogen (secondary N) is 1. The molecular formula is C16H18N2O6S2. The molecule has 26 heavy (non-hydrogen) atoms. The maximum Gasteiger partial charge on any atom is 0.338 e. The van der Waals surface area contributed by atoms with Gasteiger partial charge in [-0.3, -0.25) is 4.72 Å². The average Bonchev–Trinajstić information content (AvgIpc) is 2.53. The van der Waals surface area contributed by atoms with E-state index in [0.29, 0.717) is 5.56 Å². The first-order valence-corrected chi connectivity index (χ1v) is 10.7. The van der Waals surface area contributed by atoms with Crippen LogP contribution >= 0.6 is 0 Å². The molecule has 0 spiro atoms. The molecule has 0 unspecified atom stereocenters. The maximum atomic E-state index is 12.4. The number of carbonyl (C=O) groups is 1. The summed E-state index contributed by atoms with van der Waals surface area (Å²) in [6.45, 7) is 1.89. The van der Waals surface area contributed by atoms with E-state index >= 15 is 0 Å². The van der Waals surface area contributed by atoms with Gasteiger partial charge in [0, 0.05) is 5.69 Å². The second-order valence-electron chi connectivity index (χ2n) is 5.36. The second-order valence-corrected chi connectivity index (χ2v) is 8.65. The van der Waals surface area contributed by atoms with Crippen LogP contribution in [0.1, 0.15) is 22.8 Å². The standard InChI is InChI=1S/C16H18N2O6S2/c1-2-24-16(19)13-6-8-15(9-7-13)26(22,23)18-14-5-3-4-12(10-14)11-25(17,20)21/h3-10,18H,2,11H2,1H3,(H2,17,20,21). The van der Waals surface area contributed by atoms with Crippen molar-refractivity contribution in [3.63, 3.8) is 0 Å². The van der Waals surface area contributed by atoms with Gasteiger partial charge in [-0.05, 0) is 48.9 Å². The molecular weight excluding hydrogens is 380 g/mol. The molecule has 0 aliphatic carbocycles. The lowest BCUT2D eigenvalue weighted by Gasteiger charge is -2.10. The van der Waals surface area contributed by atoms with Crippen molar-refractivity contribution in [1.82, 2.24) is 0 Å². The summed E-state index contributed by atoms with van der Waals surface area (Å²) in [5, 5.41) is 4.99. The molecule has 0 fully saturated rings. The predicted octanol–water partition coefficient (Wildman–Crippen LogP) is 1.45. The fourth-order valence-corrected chi connectivity index (χ4v) is 3.85. The number of esters is 1. The number of primary sulfonamides is 1. The third-order valence-corrected chi connectivity index (χ3v) is 5.36. The van der Waals surface area contributed by atoms with E-state index in [1.165, 1.54) is 48.5 Å². The number of rotatable bonds is 7. The summed E-state index contributed by atoms with van der Waals surface area (Å²) in [5.74, 6) is -0.948. The molecule has 2 aromatic rings. The number of hydrogen-bond donors (Lipinski definition) is 2. The zero-order valence-corrected chi connectivity index (χ0v) is 15.5. The Balaban J connectivity index is 2.21. The first-order chi connectivity index (χ1) is 12.1. The number of nitrogens with two attached hydrogens (primary N) is 1. The van der Waals surface area contributed by atoms with Crippen LogP contribution in [0.25, 0.3) is 0 Å². The van der Waals surface area contributed by atoms with Gasteiger partial charge in [-0.2, -0.15) is 0 Å². The van der Waals surface area contributed by atoms with E-state index in [-0.39, 0.29) is 22.8 Å². The molecule has 0 saturated heterocycles. The maximum absolute atomic E-state index is 12.4. The molecule has 0 heterocycles. The minimum Gasteiger partial charge on any atom is -0.462 e. The Kier molecular flexibility index (Phi) is 6.01. The Morgan fingerprint density at radius 2 is 1.73 bits per heavy atom.